The molecule has 29 heavy (non-hydrogen) atoms. The number of carboxylic acids is 1. The van der Waals surface area contributed by atoms with E-state index in [2.05, 4.69) is 4.98 Å². The van der Waals surface area contributed by atoms with Gasteiger partial charge in [0.1, 0.15) is 11.4 Å². The van der Waals surface area contributed by atoms with Crippen LogP contribution in [0.1, 0.15) is 28.8 Å². The number of hydrogen-bond acceptors (Lipinski definition) is 5. The van der Waals surface area contributed by atoms with Crippen molar-refractivity contribution >= 4 is 23.7 Å². The molecule has 2 aromatic rings. The molecule has 1 spiro atoms. The molecule has 0 bridgehead atoms. The third-order valence-corrected chi connectivity index (χ3v) is 5.83. The lowest BCUT2D eigenvalue weighted by Gasteiger charge is -2.42. The van der Waals surface area contributed by atoms with Gasteiger partial charge in [-0.2, -0.15) is 0 Å². The zero-order valence-corrected chi connectivity index (χ0v) is 16.1. The molecule has 3 heterocycles. The van der Waals surface area contributed by atoms with Crippen LogP contribution in [0.15, 0.2) is 48.7 Å². The zero-order valence-electron chi connectivity index (χ0n) is 16.1. The molecule has 0 atom stereocenters. The summed E-state index contributed by atoms with van der Waals surface area (Å²) in [5, 5.41) is 9.02. The second-order valence-corrected chi connectivity index (χ2v) is 7.45. The molecule has 2 aliphatic heterocycles. The first kappa shape index (κ1) is 18.9. The van der Waals surface area contributed by atoms with Crippen LogP contribution in [0.3, 0.4) is 0 Å². The van der Waals surface area contributed by atoms with Crippen LogP contribution >= 0.6 is 0 Å². The summed E-state index contributed by atoms with van der Waals surface area (Å²) >= 11 is 0. The molecule has 0 radical (unpaired) electrons. The molecule has 3 amide bonds. The highest BCUT2D eigenvalue weighted by atomic mass is 16.4. The summed E-state index contributed by atoms with van der Waals surface area (Å²) in [7, 11) is 1.54. The fourth-order valence-electron chi connectivity index (χ4n) is 4.15. The summed E-state index contributed by atoms with van der Waals surface area (Å²) in [6.07, 6.45) is 2.33. The van der Waals surface area contributed by atoms with Crippen LogP contribution in [-0.2, 0) is 11.3 Å². The van der Waals surface area contributed by atoms with Gasteiger partial charge in [0.25, 0.3) is 5.91 Å². The Kier molecular flexibility index (Phi) is 4.70. The number of hydrogen-bond donors (Lipinski definition) is 1. The second kappa shape index (κ2) is 7.20. The average Bonchev–Trinajstić information content (AvgIpc) is 2.91. The quantitative estimate of drug-likeness (QED) is 0.799. The molecule has 0 saturated carbocycles. The predicted molar refractivity (Wildman–Crippen MR) is 106 cm³/mol. The number of pyridine rings is 1. The molecule has 2 aliphatic rings. The predicted octanol–water partition coefficient (Wildman–Crippen LogP) is 2.21. The number of aromatic carboxylic acids is 1. The molecule has 1 aromatic heterocycles. The SMILES string of the molecule is CN1C(=O)N(Cc2ccccc2)C2(CCN(c3ccc(C(=O)O)cn3)CC2)C1=O. The van der Waals surface area contributed by atoms with E-state index in [9.17, 15) is 14.4 Å². The Morgan fingerprint density at radius 1 is 1.10 bits per heavy atom. The van der Waals surface area contributed by atoms with Crippen molar-refractivity contribution in [1.82, 2.24) is 14.8 Å². The first-order chi connectivity index (χ1) is 13.9. The molecule has 0 unspecified atom stereocenters. The van der Waals surface area contributed by atoms with Gasteiger partial charge >= 0.3 is 12.0 Å². The molecule has 150 valence electrons. The second-order valence-electron chi connectivity index (χ2n) is 7.45. The molecule has 2 saturated heterocycles. The summed E-state index contributed by atoms with van der Waals surface area (Å²) < 4.78 is 0. The van der Waals surface area contributed by atoms with Gasteiger partial charge in [0.2, 0.25) is 0 Å². The summed E-state index contributed by atoms with van der Waals surface area (Å²) in [6.45, 7) is 1.50. The fourth-order valence-corrected chi connectivity index (χ4v) is 4.15. The maximum absolute atomic E-state index is 13.0. The zero-order chi connectivity index (χ0) is 20.6. The van der Waals surface area contributed by atoms with Crippen molar-refractivity contribution in [2.24, 2.45) is 0 Å². The van der Waals surface area contributed by atoms with Gasteiger partial charge in [0, 0.05) is 32.9 Å². The van der Waals surface area contributed by atoms with Crippen LogP contribution < -0.4 is 4.90 Å². The van der Waals surface area contributed by atoms with Gasteiger partial charge in [-0.1, -0.05) is 30.3 Å². The number of aromatic nitrogens is 1. The Morgan fingerprint density at radius 2 is 1.79 bits per heavy atom. The van der Waals surface area contributed by atoms with E-state index in [1.165, 1.54) is 24.2 Å². The van der Waals surface area contributed by atoms with Gasteiger partial charge in [-0.05, 0) is 30.5 Å². The van der Waals surface area contributed by atoms with E-state index in [0.717, 1.165) is 5.56 Å². The minimum atomic E-state index is -1.02. The van der Waals surface area contributed by atoms with Crippen molar-refractivity contribution in [3.63, 3.8) is 0 Å². The molecule has 1 N–H and O–H groups in total. The maximum Gasteiger partial charge on any atom is 0.337 e. The number of nitrogens with zero attached hydrogens (tertiary/aromatic N) is 4. The first-order valence-electron chi connectivity index (χ1n) is 9.50. The van der Waals surface area contributed by atoms with E-state index in [1.807, 2.05) is 35.2 Å². The number of anilines is 1. The summed E-state index contributed by atoms with van der Waals surface area (Å²) in [5.41, 5.74) is 0.269. The van der Waals surface area contributed by atoms with Crippen molar-refractivity contribution in [3.8, 4) is 0 Å². The van der Waals surface area contributed by atoms with Gasteiger partial charge in [-0.25, -0.2) is 14.6 Å². The minimum Gasteiger partial charge on any atom is -0.478 e. The van der Waals surface area contributed by atoms with E-state index in [-0.39, 0.29) is 17.5 Å². The monoisotopic (exact) mass is 394 g/mol. The number of rotatable bonds is 4. The molecule has 8 heteroatoms. The van der Waals surface area contributed by atoms with Crippen LogP contribution in [0.2, 0.25) is 0 Å². The van der Waals surface area contributed by atoms with Crippen LogP contribution in [0.4, 0.5) is 10.6 Å². The van der Waals surface area contributed by atoms with E-state index < -0.39 is 11.5 Å². The molecule has 4 rings (SSSR count). The van der Waals surface area contributed by atoms with Gasteiger partial charge in [-0.3, -0.25) is 9.69 Å². The fraction of sp³-hybridized carbons (Fsp3) is 0.333. The Balaban J connectivity index is 1.54. The lowest BCUT2D eigenvalue weighted by atomic mass is 9.85. The number of carboxylic acid groups (broad SMARTS) is 1. The van der Waals surface area contributed by atoms with E-state index in [0.29, 0.717) is 38.3 Å². The van der Waals surface area contributed by atoms with E-state index in [1.54, 1.807) is 11.0 Å². The number of benzene rings is 1. The molecule has 0 aliphatic carbocycles. The number of amides is 3. The van der Waals surface area contributed by atoms with Crippen LogP contribution in [-0.4, -0.2) is 63.5 Å². The van der Waals surface area contributed by atoms with E-state index >= 15 is 0 Å². The van der Waals surface area contributed by atoms with Crippen molar-refractivity contribution in [1.29, 1.82) is 0 Å². The lowest BCUT2D eigenvalue weighted by molar-refractivity contribution is -0.133. The smallest absolute Gasteiger partial charge is 0.337 e. The van der Waals surface area contributed by atoms with Crippen LogP contribution in [0.5, 0.6) is 0 Å². The standard InChI is InChI=1S/C21H22N4O4/c1-23-19(28)21(25(20(23)29)14-15-5-3-2-4-6-15)9-11-24(12-10-21)17-8-7-16(13-22-17)18(26)27/h2-8,13H,9-12,14H2,1H3,(H,26,27). The number of likely N-dealkylation sites (N-methyl/N-ethyl adjacent to an activating group) is 1. The highest BCUT2D eigenvalue weighted by molar-refractivity contribution is 6.06. The molecule has 2 fully saturated rings. The highest BCUT2D eigenvalue weighted by Gasteiger charge is 2.56. The van der Waals surface area contributed by atoms with Crippen molar-refractivity contribution in [2.45, 2.75) is 24.9 Å². The van der Waals surface area contributed by atoms with Crippen LogP contribution in [0, 0.1) is 0 Å². The highest BCUT2D eigenvalue weighted by Crippen LogP contribution is 2.38. The Bertz CT molecular complexity index is 937. The van der Waals surface area contributed by atoms with Crippen molar-refractivity contribution in [2.75, 3.05) is 25.0 Å². The number of imide groups is 1. The Hall–Kier alpha value is -3.42. The van der Waals surface area contributed by atoms with Gasteiger partial charge < -0.3 is 14.9 Å². The maximum atomic E-state index is 13.0. The summed E-state index contributed by atoms with van der Waals surface area (Å²) in [5.74, 6) is -0.506. The molecular formula is C21H22N4O4. The average molecular weight is 394 g/mol. The largest absolute Gasteiger partial charge is 0.478 e. The van der Waals surface area contributed by atoms with Crippen molar-refractivity contribution < 1.29 is 19.5 Å². The topological polar surface area (TPSA) is 94.1 Å². The normalized spacial score (nSPS) is 18.6. The van der Waals surface area contributed by atoms with Crippen LogP contribution in [0.25, 0.3) is 0 Å². The molecule has 1 aromatic carbocycles. The molecule has 8 nitrogen and oxygen atoms in total. The van der Waals surface area contributed by atoms with Gasteiger partial charge in [-0.15, -0.1) is 0 Å². The number of carbonyl (C=O) groups excluding carboxylic acids is 2. The Labute approximate surface area is 168 Å². The van der Waals surface area contributed by atoms with Crippen molar-refractivity contribution in [3.05, 3.63) is 59.8 Å². The molecular weight excluding hydrogens is 372 g/mol. The first-order valence-corrected chi connectivity index (χ1v) is 9.50. The number of urea groups is 1. The third kappa shape index (κ3) is 3.20. The number of carbonyl (C=O) groups is 3. The summed E-state index contributed by atoms with van der Waals surface area (Å²) in [4.78, 5) is 46.0. The third-order valence-electron chi connectivity index (χ3n) is 5.83. The summed E-state index contributed by atoms with van der Waals surface area (Å²) in [6, 6.07) is 12.6. The van der Waals surface area contributed by atoms with E-state index in [4.69, 9.17) is 5.11 Å². The van der Waals surface area contributed by atoms with Gasteiger partial charge in [0.15, 0.2) is 0 Å². The number of piperidine rings is 1. The van der Waals surface area contributed by atoms with Gasteiger partial charge in [0.05, 0.1) is 5.56 Å². The minimum absolute atomic E-state index is 0.134. The Morgan fingerprint density at radius 3 is 2.38 bits per heavy atom. The lowest BCUT2D eigenvalue weighted by Crippen LogP contribution is -2.56.